The molecule has 0 spiro atoms. The molecule has 3 nitrogen and oxygen atoms in total. The van der Waals surface area contributed by atoms with Crippen molar-refractivity contribution in [3.05, 3.63) is 23.2 Å². The molecule has 4 heteroatoms. The number of furan rings is 1. The quantitative estimate of drug-likeness (QED) is 0.705. The molecular weight excluding hydrogens is 256 g/mol. The molecule has 1 N–H and O–H groups in total. The summed E-state index contributed by atoms with van der Waals surface area (Å²) in [6.45, 7) is 9.35. The third kappa shape index (κ3) is 5.59. The number of nitrogens with zero attached hydrogens (tertiary/aromatic N) is 1. The van der Waals surface area contributed by atoms with Crippen LogP contribution in [0.3, 0.4) is 0 Å². The van der Waals surface area contributed by atoms with Gasteiger partial charge in [-0.1, -0.05) is 6.92 Å². The summed E-state index contributed by atoms with van der Waals surface area (Å²) in [5.41, 5.74) is 1.29. The molecule has 0 amide bonds. The van der Waals surface area contributed by atoms with Crippen LogP contribution in [-0.2, 0) is 13.1 Å². The molecule has 1 aromatic heterocycles. The summed E-state index contributed by atoms with van der Waals surface area (Å²) in [4.78, 5) is 2.35. The topological polar surface area (TPSA) is 28.4 Å². The van der Waals surface area contributed by atoms with Crippen molar-refractivity contribution in [3.8, 4) is 0 Å². The molecule has 0 aliphatic rings. The molecule has 110 valence electrons. The molecule has 0 aliphatic carbocycles. The van der Waals surface area contributed by atoms with E-state index in [1.807, 2.05) is 11.8 Å². The summed E-state index contributed by atoms with van der Waals surface area (Å²) in [5.74, 6) is 3.27. The Morgan fingerprint density at radius 2 is 2.21 bits per heavy atom. The smallest absolute Gasteiger partial charge is 0.118 e. The van der Waals surface area contributed by atoms with Gasteiger partial charge >= 0.3 is 0 Å². The number of rotatable bonds is 9. The van der Waals surface area contributed by atoms with Gasteiger partial charge in [0, 0.05) is 23.9 Å². The van der Waals surface area contributed by atoms with Gasteiger partial charge in [-0.25, -0.2) is 0 Å². The van der Waals surface area contributed by atoms with Gasteiger partial charge in [-0.15, -0.1) is 0 Å². The Kier molecular flexibility index (Phi) is 7.57. The zero-order valence-corrected chi connectivity index (χ0v) is 13.8. The number of aryl methyl sites for hydroxylation is 1. The van der Waals surface area contributed by atoms with E-state index in [0.717, 1.165) is 36.9 Å². The Morgan fingerprint density at radius 1 is 1.47 bits per heavy atom. The van der Waals surface area contributed by atoms with E-state index in [4.69, 9.17) is 4.42 Å². The summed E-state index contributed by atoms with van der Waals surface area (Å²) in [6, 6.07) is 2.77. The predicted octanol–water partition coefficient (Wildman–Crippen LogP) is 3.27. The Labute approximate surface area is 122 Å². The van der Waals surface area contributed by atoms with Crippen LogP contribution >= 0.6 is 11.8 Å². The van der Waals surface area contributed by atoms with Crippen LogP contribution in [0.15, 0.2) is 10.5 Å². The van der Waals surface area contributed by atoms with Crippen molar-refractivity contribution in [1.29, 1.82) is 0 Å². The molecule has 0 saturated heterocycles. The minimum absolute atomic E-state index is 0.571. The lowest BCUT2D eigenvalue weighted by Gasteiger charge is -2.22. The van der Waals surface area contributed by atoms with Crippen LogP contribution in [-0.4, -0.2) is 36.5 Å². The summed E-state index contributed by atoms with van der Waals surface area (Å²) in [6.07, 6.45) is 3.32. The fraction of sp³-hybridized carbons (Fsp3) is 0.733. The van der Waals surface area contributed by atoms with Crippen molar-refractivity contribution in [3.63, 3.8) is 0 Å². The highest BCUT2D eigenvalue weighted by atomic mass is 32.2. The largest absolute Gasteiger partial charge is 0.465 e. The zero-order chi connectivity index (χ0) is 14.3. The van der Waals surface area contributed by atoms with Gasteiger partial charge in [0.25, 0.3) is 0 Å². The maximum Gasteiger partial charge on any atom is 0.118 e. The lowest BCUT2D eigenvalue weighted by Crippen LogP contribution is -2.30. The van der Waals surface area contributed by atoms with Crippen molar-refractivity contribution in [2.24, 2.45) is 0 Å². The van der Waals surface area contributed by atoms with Gasteiger partial charge in [-0.3, -0.25) is 4.90 Å². The molecule has 0 fully saturated rings. The van der Waals surface area contributed by atoms with Gasteiger partial charge in [0.05, 0.1) is 6.54 Å². The molecule has 0 bridgehead atoms. The number of thioether (sulfide) groups is 1. The van der Waals surface area contributed by atoms with E-state index in [0.29, 0.717) is 6.04 Å². The first-order chi connectivity index (χ1) is 9.08. The van der Waals surface area contributed by atoms with E-state index in [9.17, 15) is 0 Å². The van der Waals surface area contributed by atoms with Crippen LogP contribution < -0.4 is 5.32 Å². The third-order valence-corrected chi connectivity index (χ3v) is 4.20. The third-order valence-electron chi connectivity index (χ3n) is 3.38. The van der Waals surface area contributed by atoms with Crippen LogP contribution in [0.2, 0.25) is 0 Å². The predicted molar refractivity (Wildman–Crippen MR) is 84.8 cm³/mol. The fourth-order valence-electron chi connectivity index (χ4n) is 2.01. The second-order valence-electron chi connectivity index (χ2n) is 5.19. The van der Waals surface area contributed by atoms with Crippen molar-refractivity contribution < 1.29 is 4.42 Å². The first kappa shape index (κ1) is 16.6. The summed E-state index contributed by atoms with van der Waals surface area (Å²) < 4.78 is 5.86. The number of hydrogen-bond acceptors (Lipinski definition) is 4. The minimum atomic E-state index is 0.571. The molecule has 1 heterocycles. The lowest BCUT2D eigenvalue weighted by molar-refractivity contribution is 0.245. The maximum absolute atomic E-state index is 5.86. The molecular formula is C15H28N2OS. The van der Waals surface area contributed by atoms with Crippen molar-refractivity contribution >= 4 is 11.8 Å². The Morgan fingerprint density at radius 3 is 2.84 bits per heavy atom. The van der Waals surface area contributed by atoms with Crippen molar-refractivity contribution in [1.82, 2.24) is 10.2 Å². The van der Waals surface area contributed by atoms with Gasteiger partial charge in [0.1, 0.15) is 11.5 Å². The SMILES string of the molecule is CCCNCc1cc(CN(C)C(C)CSC)oc1C. The molecule has 1 atom stereocenters. The molecule has 0 radical (unpaired) electrons. The summed E-state index contributed by atoms with van der Waals surface area (Å²) in [7, 11) is 2.16. The molecule has 1 rings (SSSR count). The van der Waals surface area contributed by atoms with E-state index in [1.165, 1.54) is 12.0 Å². The van der Waals surface area contributed by atoms with E-state index < -0.39 is 0 Å². The highest BCUT2D eigenvalue weighted by molar-refractivity contribution is 7.98. The Bertz CT molecular complexity index is 365. The molecule has 0 saturated carbocycles. The molecule has 0 aliphatic heterocycles. The molecule has 0 aromatic carbocycles. The maximum atomic E-state index is 5.86. The van der Waals surface area contributed by atoms with Crippen LogP contribution in [0.1, 0.15) is 37.4 Å². The number of nitrogens with one attached hydrogen (secondary N) is 1. The zero-order valence-electron chi connectivity index (χ0n) is 13.0. The second kappa shape index (κ2) is 8.67. The summed E-state index contributed by atoms with van der Waals surface area (Å²) in [5, 5.41) is 3.42. The molecule has 19 heavy (non-hydrogen) atoms. The van der Waals surface area contributed by atoms with Gasteiger partial charge < -0.3 is 9.73 Å². The van der Waals surface area contributed by atoms with E-state index in [2.05, 4.69) is 50.4 Å². The highest BCUT2D eigenvalue weighted by Gasteiger charge is 2.13. The standard InChI is InChI=1S/C15H28N2OS/c1-6-7-16-9-14-8-15(18-13(14)3)10-17(4)12(2)11-19-5/h8,12,16H,6-7,9-11H2,1-5H3. The first-order valence-electron chi connectivity index (χ1n) is 7.06. The van der Waals surface area contributed by atoms with Crippen LogP contribution in [0.4, 0.5) is 0 Å². The van der Waals surface area contributed by atoms with Gasteiger partial charge in [0.2, 0.25) is 0 Å². The first-order valence-corrected chi connectivity index (χ1v) is 8.45. The fourth-order valence-corrected chi connectivity index (χ4v) is 2.75. The average Bonchev–Trinajstić information content (AvgIpc) is 2.70. The van der Waals surface area contributed by atoms with Crippen LogP contribution in [0, 0.1) is 6.92 Å². The van der Waals surface area contributed by atoms with Gasteiger partial charge in [-0.05, 0) is 46.2 Å². The average molecular weight is 284 g/mol. The van der Waals surface area contributed by atoms with E-state index in [1.54, 1.807) is 0 Å². The van der Waals surface area contributed by atoms with Crippen LogP contribution in [0.25, 0.3) is 0 Å². The van der Waals surface area contributed by atoms with Crippen molar-refractivity contribution in [2.75, 3.05) is 25.6 Å². The van der Waals surface area contributed by atoms with Gasteiger partial charge in [0.15, 0.2) is 0 Å². The summed E-state index contributed by atoms with van der Waals surface area (Å²) >= 11 is 1.89. The second-order valence-corrected chi connectivity index (χ2v) is 6.10. The van der Waals surface area contributed by atoms with Gasteiger partial charge in [-0.2, -0.15) is 11.8 Å². The monoisotopic (exact) mass is 284 g/mol. The molecule has 1 aromatic rings. The van der Waals surface area contributed by atoms with Crippen molar-refractivity contribution in [2.45, 2.75) is 46.3 Å². The minimum Gasteiger partial charge on any atom is -0.465 e. The lowest BCUT2D eigenvalue weighted by atomic mass is 10.2. The van der Waals surface area contributed by atoms with Crippen LogP contribution in [0.5, 0.6) is 0 Å². The Balaban J connectivity index is 2.52. The molecule has 1 unspecified atom stereocenters. The number of hydrogen-bond donors (Lipinski definition) is 1. The highest BCUT2D eigenvalue weighted by Crippen LogP contribution is 2.17. The van der Waals surface area contributed by atoms with E-state index in [-0.39, 0.29) is 0 Å². The van der Waals surface area contributed by atoms with E-state index >= 15 is 0 Å². The Hall–Kier alpha value is -0.450. The normalized spacial score (nSPS) is 13.2.